The normalized spacial score (nSPS) is 13.0. The Labute approximate surface area is 149 Å². The highest BCUT2D eigenvalue weighted by Gasteiger charge is 2.36. The average molecular weight is 373 g/mol. The van der Waals surface area contributed by atoms with Gasteiger partial charge in [-0.1, -0.05) is 0 Å². The Morgan fingerprint density at radius 2 is 1.84 bits per heavy atom. The van der Waals surface area contributed by atoms with E-state index in [4.69, 9.17) is 15.2 Å². The molecule has 0 aromatic carbocycles. The lowest BCUT2D eigenvalue weighted by molar-refractivity contribution is -0.174. The number of nitrogens with one attached hydrogen (secondary N) is 1. The van der Waals surface area contributed by atoms with Gasteiger partial charge in [-0.05, 0) is 34.6 Å². The standard InChI is InChI=1S/C15H23N3O6S/c1-14(2,3)24-13(21)18-12-17-8(7-25-12)9(10(16)19)23-15(4,5)11(20)22-6/h7,9H,1-6H3,(H2,16,19)(H,17,18,21). The van der Waals surface area contributed by atoms with Gasteiger partial charge in [-0.15, -0.1) is 11.3 Å². The Morgan fingerprint density at radius 3 is 2.32 bits per heavy atom. The first-order valence-electron chi connectivity index (χ1n) is 7.36. The van der Waals surface area contributed by atoms with E-state index in [1.807, 2.05) is 0 Å². The van der Waals surface area contributed by atoms with Gasteiger partial charge in [-0.3, -0.25) is 10.1 Å². The topological polar surface area (TPSA) is 130 Å². The monoisotopic (exact) mass is 373 g/mol. The number of methoxy groups -OCH3 is 1. The van der Waals surface area contributed by atoms with Crippen LogP contribution in [0, 0.1) is 0 Å². The van der Waals surface area contributed by atoms with Crippen LogP contribution in [-0.2, 0) is 23.8 Å². The fourth-order valence-electron chi connectivity index (χ4n) is 1.71. The number of ether oxygens (including phenoxy) is 3. The van der Waals surface area contributed by atoms with Crippen molar-refractivity contribution < 1.29 is 28.6 Å². The quantitative estimate of drug-likeness (QED) is 0.729. The number of thiazole rings is 1. The molecule has 1 heterocycles. The molecule has 140 valence electrons. The fraction of sp³-hybridized carbons (Fsp3) is 0.600. The molecule has 0 saturated heterocycles. The van der Waals surface area contributed by atoms with Crippen molar-refractivity contribution in [3.63, 3.8) is 0 Å². The summed E-state index contributed by atoms with van der Waals surface area (Å²) in [4.78, 5) is 39.3. The highest BCUT2D eigenvalue weighted by molar-refractivity contribution is 7.13. The van der Waals surface area contributed by atoms with Crippen LogP contribution >= 0.6 is 11.3 Å². The second-order valence-corrected chi connectivity index (χ2v) is 7.46. The van der Waals surface area contributed by atoms with Crippen molar-refractivity contribution in [2.45, 2.75) is 51.9 Å². The van der Waals surface area contributed by atoms with Gasteiger partial charge in [0.25, 0.3) is 5.91 Å². The second-order valence-electron chi connectivity index (χ2n) is 6.61. The van der Waals surface area contributed by atoms with Crippen LogP contribution in [0.3, 0.4) is 0 Å². The minimum atomic E-state index is -1.41. The van der Waals surface area contributed by atoms with Crippen LogP contribution in [0.4, 0.5) is 9.93 Å². The molecule has 0 fully saturated rings. The number of aromatic nitrogens is 1. The van der Waals surface area contributed by atoms with Crippen LogP contribution < -0.4 is 11.1 Å². The zero-order chi connectivity index (χ0) is 19.4. The van der Waals surface area contributed by atoms with E-state index in [-0.39, 0.29) is 10.8 Å². The Bertz CT molecular complexity index is 650. The lowest BCUT2D eigenvalue weighted by Crippen LogP contribution is -2.40. The summed E-state index contributed by atoms with van der Waals surface area (Å²) >= 11 is 1.06. The number of hydrogen-bond acceptors (Lipinski definition) is 8. The number of hydrogen-bond donors (Lipinski definition) is 2. The van der Waals surface area contributed by atoms with Crippen LogP contribution in [0.25, 0.3) is 0 Å². The molecule has 0 aliphatic rings. The van der Waals surface area contributed by atoms with Crippen molar-refractivity contribution >= 4 is 34.4 Å². The third kappa shape index (κ3) is 6.31. The molecule has 1 atom stereocenters. The van der Waals surface area contributed by atoms with Crippen molar-refractivity contribution in [3.05, 3.63) is 11.1 Å². The highest BCUT2D eigenvalue weighted by atomic mass is 32.1. The summed E-state index contributed by atoms with van der Waals surface area (Å²) in [6.07, 6.45) is -1.96. The Balaban J connectivity index is 2.90. The van der Waals surface area contributed by atoms with Crippen molar-refractivity contribution in [2.75, 3.05) is 12.4 Å². The summed E-state index contributed by atoms with van der Waals surface area (Å²) in [6, 6.07) is 0. The van der Waals surface area contributed by atoms with Crippen molar-refractivity contribution in [3.8, 4) is 0 Å². The summed E-state index contributed by atoms with van der Waals surface area (Å²) in [5.41, 5.74) is 3.45. The number of nitrogens with zero attached hydrogens (tertiary/aromatic N) is 1. The lowest BCUT2D eigenvalue weighted by Gasteiger charge is -2.26. The number of amides is 2. The number of carbonyl (C=O) groups excluding carboxylic acids is 3. The SMILES string of the molecule is COC(=O)C(C)(C)OC(C(N)=O)c1csc(NC(=O)OC(C)(C)C)n1. The largest absolute Gasteiger partial charge is 0.467 e. The molecule has 25 heavy (non-hydrogen) atoms. The van der Waals surface area contributed by atoms with E-state index >= 15 is 0 Å². The van der Waals surface area contributed by atoms with Gasteiger partial charge in [-0.2, -0.15) is 0 Å². The maximum absolute atomic E-state index is 11.7. The van der Waals surface area contributed by atoms with Crippen molar-refractivity contribution in [1.82, 2.24) is 4.98 Å². The molecule has 0 saturated carbocycles. The number of rotatable bonds is 6. The van der Waals surface area contributed by atoms with Crippen LogP contribution in [0.1, 0.15) is 46.4 Å². The average Bonchev–Trinajstić information content (AvgIpc) is 2.89. The third-order valence-electron chi connectivity index (χ3n) is 2.75. The van der Waals surface area contributed by atoms with Crippen LogP contribution in [0.2, 0.25) is 0 Å². The van der Waals surface area contributed by atoms with E-state index in [2.05, 4.69) is 15.0 Å². The van der Waals surface area contributed by atoms with E-state index in [0.717, 1.165) is 11.3 Å². The van der Waals surface area contributed by atoms with Gasteiger partial charge >= 0.3 is 12.1 Å². The first-order chi connectivity index (χ1) is 11.4. The molecule has 0 aliphatic heterocycles. The van der Waals surface area contributed by atoms with Gasteiger partial charge in [0.2, 0.25) is 0 Å². The molecule has 1 aromatic heterocycles. The maximum Gasteiger partial charge on any atom is 0.413 e. The van der Waals surface area contributed by atoms with Gasteiger partial charge < -0.3 is 19.9 Å². The summed E-state index contributed by atoms with van der Waals surface area (Å²) in [7, 11) is 1.21. The van der Waals surface area contributed by atoms with E-state index in [9.17, 15) is 14.4 Å². The van der Waals surface area contributed by atoms with E-state index in [1.54, 1.807) is 20.8 Å². The van der Waals surface area contributed by atoms with Gasteiger partial charge in [0.1, 0.15) is 5.60 Å². The van der Waals surface area contributed by atoms with Gasteiger partial charge in [0.05, 0.1) is 12.8 Å². The Kier molecular flexibility index (Phi) is 6.49. The molecule has 0 radical (unpaired) electrons. The van der Waals surface area contributed by atoms with Crippen LogP contribution in [-0.4, -0.2) is 41.3 Å². The summed E-state index contributed by atoms with van der Waals surface area (Å²) in [6.45, 7) is 8.07. The number of esters is 1. The zero-order valence-corrected chi connectivity index (χ0v) is 15.9. The molecule has 1 unspecified atom stereocenters. The molecule has 9 nitrogen and oxygen atoms in total. The zero-order valence-electron chi connectivity index (χ0n) is 15.0. The van der Waals surface area contributed by atoms with Crippen molar-refractivity contribution in [2.24, 2.45) is 5.73 Å². The molecular weight excluding hydrogens is 350 g/mol. The van der Waals surface area contributed by atoms with E-state index < -0.39 is 35.3 Å². The first kappa shape index (κ1) is 20.8. The van der Waals surface area contributed by atoms with Gasteiger partial charge in [0.15, 0.2) is 16.8 Å². The number of primary amides is 1. The predicted molar refractivity (Wildman–Crippen MR) is 91.1 cm³/mol. The second kappa shape index (κ2) is 7.79. The third-order valence-corrected chi connectivity index (χ3v) is 3.52. The molecule has 1 rings (SSSR count). The molecule has 0 bridgehead atoms. The summed E-state index contributed by atoms with van der Waals surface area (Å²) < 4.78 is 15.2. The number of carbonyl (C=O) groups is 3. The maximum atomic E-state index is 11.7. The fourth-order valence-corrected chi connectivity index (χ4v) is 2.42. The van der Waals surface area contributed by atoms with Crippen molar-refractivity contribution in [1.29, 1.82) is 0 Å². The molecule has 0 aliphatic carbocycles. The van der Waals surface area contributed by atoms with E-state index in [1.165, 1.54) is 26.3 Å². The minimum Gasteiger partial charge on any atom is -0.467 e. The Morgan fingerprint density at radius 1 is 1.24 bits per heavy atom. The summed E-state index contributed by atoms with van der Waals surface area (Å²) in [5.74, 6) is -1.49. The van der Waals surface area contributed by atoms with E-state index in [0.29, 0.717) is 0 Å². The lowest BCUT2D eigenvalue weighted by atomic mass is 10.1. The smallest absolute Gasteiger partial charge is 0.413 e. The van der Waals surface area contributed by atoms with Gasteiger partial charge in [0, 0.05) is 5.38 Å². The van der Waals surface area contributed by atoms with Gasteiger partial charge in [-0.25, -0.2) is 14.6 Å². The minimum absolute atomic E-state index is 0.167. The highest BCUT2D eigenvalue weighted by Crippen LogP contribution is 2.28. The van der Waals surface area contributed by atoms with Crippen LogP contribution in [0.15, 0.2) is 5.38 Å². The molecule has 3 N–H and O–H groups in total. The predicted octanol–water partition coefficient (Wildman–Crippen LogP) is 1.98. The van der Waals surface area contributed by atoms with Crippen LogP contribution in [0.5, 0.6) is 0 Å². The number of nitrogens with two attached hydrogens (primary N) is 1. The Hall–Kier alpha value is -2.20. The molecule has 1 aromatic rings. The first-order valence-corrected chi connectivity index (χ1v) is 8.24. The molecular formula is C15H23N3O6S. The molecule has 0 spiro atoms. The molecule has 10 heteroatoms. The summed E-state index contributed by atoms with van der Waals surface area (Å²) in [5, 5.41) is 4.16. The molecule has 2 amide bonds. The number of anilines is 1.